The van der Waals surface area contributed by atoms with Crippen molar-refractivity contribution < 1.29 is 4.79 Å². The highest BCUT2D eigenvalue weighted by Gasteiger charge is 2.33. The van der Waals surface area contributed by atoms with Gasteiger partial charge in [0.25, 0.3) is 0 Å². The molecular weight excluding hydrogens is 420 g/mol. The number of hydrogen-bond donors (Lipinski definition) is 2. The number of nitrogens with two attached hydrogens (primary N) is 1. The van der Waals surface area contributed by atoms with Gasteiger partial charge in [0.15, 0.2) is 0 Å². The number of amides is 1. The van der Waals surface area contributed by atoms with Crippen LogP contribution in [0.3, 0.4) is 0 Å². The monoisotopic (exact) mass is 448 g/mol. The number of rotatable bonds is 8. The van der Waals surface area contributed by atoms with Gasteiger partial charge in [-0.3, -0.25) is 4.79 Å². The zero-order valence-corrected chi connectivity index (χ0v) is 19.4. The van der Waals surface area contributed by atoms with E-state index in [9.17, 15) is 4.79 Å². The largest absolute Gasteiger partial charge is 0.372 e. The van der Waals surface area contributed by atoms with Crippen molar-refractivity contribution in [3.8, 4) is 0 Å². The van der Waals surface area contributed by atoms with Crippen LogP contribution in [-0.2, 0) is 10.5 Å². The molecule has 2 heterocycles. The van der Waals surface area contributed by atoms with Crippen LogP contribution in [0.15, 0.2) is 71.0 Å². The van der Waals surface area contributed by atoms with Gasteiger partial charge >= 0.3 is 0 Å². The van der Waals surface area contributed by atoms with E-state index in [0.29, 0.717) is 22.4 Å². The van der Waals surface area contributed by atoms with Crippen LogP contribution in [0.2, 0.25) is 0 Å². The molecule has 1 unspecified atom stereocenters. The molecule has 0 saturated carbocycles. The predicted molar refractivity (Wildman–Crippen MR) is 130 cm³/mol. The summed E-state index contributed by atoms with van der Waals surface area (Å²) in [7, 11) is 0. The molecule has 1 aromatic heterocycles. The summed E-state index contributed by atoms with van der Waals surface area (Å²) in [5.41, 5.74) is 10.3. The molecule has 1 aliphatic heterocycles. The minimum Gasteiger partial charge on any atom is -0.372 e. The SMILES string of the molecule is CCN(CC)c1ccc(C2C(C(N)=O)=C(C)Nc3nc(SCc4ccccc4)nn32)cc1. The third-order valence-electron chi connectivity index (χ3n) is 5.65. The zero-order chi connectivity index (χ0) is 22.7. The molecule has 3 N–H and O–H groups in total. The Morgan fingerprint density at radius 2 is 1.81 bits per heavy atom. The van der Waals surface area contributed by atoms with Gasteiger partial charge in [-0.2, -0.15) is 4.98 Å². The Kier molecular flexibility index (Phi) is 6.50. The fraction of sp³-hybridized carbons (Fsp3) is 0.292. The molecule has 1 amide bonds. The molecule has 0 aliphatic carbocycles. The fourth-order valence-electron chi connectivity index (χ4n) is 4.00. The van der Waals surface area contributed by atoms with Crippen LogP contribution in [-0.4, -0.2) is 33.8 Å². The van der Waals surface area contributed by atoms with Crippen LogP contribution < -0.4 is 16.0 Å². The Morgan fingerprint density at radius 1 is 1.12 bits per heavy atom. The predicted octanol–water partition coefficient (Wildman–Crippen LogP) is 4.19. The summed E-state index contributed by atoms with van der Waals surface area (Å²) < 4.78 is 1.77. The molecule has 7 nitrogen and oxygen atoms in total. The Hall–Kier alpha value is -3.26. The van der Waals surface area contributed by atoms with Crippen molar-refractivity contribution in [3.63, 3.8) is 0 Å². The van der Waals surface area contributed by atoms with E-state index in [0.717, 1.165) is 30.1 Å². The summed E-state index contributed by atoms with van der Waals surface area (Å²) in [6, 6.07) is 18.0. The maximum absolute atomic E-state index is 12.4. The number of carbonyl (C=O) groups is 1. The number of nitrogens with zero attached hydrogens (tertiary/aromatic N) is 4. The van der Waals surface area contributed by atoms with Crippen molar-refractivity contribution in [1.82, 2.24) is 14.8 Å². The Bertz CT molecular complexity index is 1120. The molecule has 1 aliphatic rings. The summed E-state index contributed by atoms with van der Waals surface area (Å²) in [5.74, 6) is 0.913. The Morgan fingerprint density at radius 3 is 2.44 bits per heavy atom. The second kappa shape index (κ2) is 9.48. The number of carbonyl (C=O) groups excluding carboxylic acids is 1. The average Bonchev–Trinajstić information content (AvgIpc) is 3.21. The number of nitrogens with one attached hydrogen (secondary N) is 1. The van der Waals surface area contributed by atoms with E-state index in [1.807, 2.05) is 37.3 Å². The van der Waals surface area contributed by atoms with E-state index in [2.05, 4.69) is 53.3 Å². The number of thioether (sulfide) groups is 1. The molecule has 2 aromatic carbocycles. The normalized spacial score (nSPS) is 15.3. The molecule has 3 aromatic rings. The summed E-state index contributed by atoms with van der Waals surface area (Å²) in [5, 5.41) is 8.59. The lowest BCUT2D eigenvalue weighted by molar-refractivity contribution is -0.115. The number of aromatic nitrogens is 3. The molecular formula is C24H28N6OS. The van der Waals surface area contributed by atoms with Gasteiger partial charge in [-0.1, -0.05) is 54.2 Å². The number of fused-ring (bicyclic) bond motifs is 1. The smallest absolute Gasteiger partial charge is 0.248 e. The lowest BCUT2D eigenvalue weighted by Gasteiger charge is -2.28. The standard InChI is InChI=1S/C24H28N6OS/c1-4-29(5-2)19-13-11-18(12-14-19)21-20(22(25)31)16(3)26-23-27-24(28-30(21)23)32-15-17-9-7-6-8-10-17/h6-14,21H,4-5,15H2,1-3H3,(H2,25,31)(H,26,27,28). The van der Waals surface area contributed by atoms with Crippen molar-refractivity contribution in [3.05, 3.63) is 77.0 Å². The van der Waals surface area contributed by atoms with Crippen LogP contribution in [0.1, 0.15) is 37.9 Å². The van der Waals surface area contributed by atoms with E-state index in [1.54, 1.807) is 16.4 Å². The van der Waals surface area contributed by atoms with Crippen LogP contribution in [0.5, 0.6) is 0 Å². The first-order valence-corrected chi connectivity index (χ1v) is 11.8. The van der Waals surface area contributed by atoms with Gasteiger partial charge in [-0.05, 0) is 44.0 Å². The molecule has 8 heteroatoms. The van der Waals surface area contributed by atoms with Crippen molar-refractivity contribution in [2.75, 3.05) is 23.3 Å². The van der Waals surface area contributed by atoms with Gasteiger partial charge < -0.3 is 16.0 Å². The fourth-order valence-corrected chi connectivity index (χ4v) is 4.78. The molecule has 0 spiro atoms. The van der Waals surface area contributed by atoms with Crippen LogP contribution in [0.25, 0.3) is 0 Å². The number of allylic oxidation sites excluding steroid dienone is 1. The number of anilines is 2. The quantitative estimate of drug-likeness (QED) is 0.502. The van der Waals surface area contributed by atoms with Gasteiger partial charge in [0.05, 0.1) is 5.57 Å². The minimum atomic E-state index is -0.465. The topological polar surface area (TPSA) is 89.1 Å². The lowest BCUT2D eigenvalue weighted by atomic mass is 9.95. The molecule has 0 saturated heterocycles. The molecule has 1 atom stereocenters. The summed E-state index contributed by atoms with van der Waals surface area (Å²) in [6.07, 6.45) is 0. The maximum Gasteiger partial charge on any atom is 0.248 e. The second-order valence-electron chi connectivity index (χ2n) is 7.63. The second-order valence-corrected chi connectivity index (χ2v) is 8.57. The van der Waals surface area contributed by atoms with Gasteiger partial charge in [0.1, 0.15) is 6.04 Å². The molecule has 32 heavy (non-hydrogen) atoms. The molecule has 0 radical (unpaired) electrons. The zero-order valence-electron chi connectivity index (χ0n) is 18.6. The van der Waals surface area contributed by atoms with Crippen molar-refractivity contribution >= 4 is 29.3 Å². The highest BCUT2D eigenvalue weighted by molar-refractivity contribution is 7.98. The Balaban J connectivity index is 1.67. The molecule has 4 rings (SSSR count). The summed E-state index contributed by atoms with van der Waals surface area (Å²) in [4.78, 5) is 19.3. The number of primary amides is 1. The van der Waals surface area contributed by atoms with Gasteiger partial charge in [-0.15, -0.1) is 5.10 Å². The van der Waals surface area contributed by atoms with E-state index < -0.39 is 11.9 Å². The molecule has 0 bridgehead atoms. The van der Waals surface area contributed by atoms with Gasteiger partial charge in [0, 0.05) is 30.2 Å². The van der Waals surface area contributed by atoms with Crippen molar-refractivity contribution in [2.45, 2.75) is 37.7 Å². The molecule has 166 valence electrons. The first-order valence-electron chi connectivity index (χ1n) is 10.8. The van der Waals surface area contributed by atoms with Crippen LogP contribution in [0, 0.1) is 0 Å². The molecule has 0 fully saturated rings. The average molecular weight is 449 g/mol. The summed E-state index contributed by atoms with van der Waals surface area (Å²) in [6.45, 7) is 8.00. The van der Waals surface area contributed by atoms with E-state index >= 15 is 0 Å². The maximum atomic E-state index is 12.4. The van der Waals surface area contributed by atoms with E-state index in [4.69, 9.17) is 10.8 Å². The van der Waals surface area contributed by atoms with Crippen molar-refractivity contribution in [1.29, 1.82) is 0 Å². The summed E-state index contributed by atoms with van der Waals surface area (Å²) >= 11 is 1.56. The minimum absolute atomic E-state index is 0.423. The van der Waals surface area contributed by atoms with Gasteiger partial charge in [-0.25, -0.2) is 4.68 Å². The van der Waals surface area contributed by atoms with Gasteiger partial charge in [0.2, 0.25) is 17.0 Å². The number of hydrogen-bond acceptors (Lipinski definition) is 6. The van der Waals surface area contributed by atoms with E-state index in [1.165, 1.54) is 5.56 Å². The number of benzene rings is 2. The van der Waals surface area contributed by atoms with Crippen LogP contribution >= 0.6 is 11.8 Å². The first kappa shape index (κ1) is 22.0. The Labute approximate surface area is 192 Å². The lowest BCUT2D eigenvalue weighted by Crippen LogP contribution is -2.32. The van der Waals surface area contributed by atoms with Crippen LogP contribution in [0.4, 0.5) is 11.6 Å². The van der Waals surface area contributed by atoms with Crippen molar-refractivity contribution in [2.24, 2.45) is 5.73 Å². The third-order valence-corrected chi connectivity index (χ3v) is 6.56. The first-order chi connectivity index (χ1) is 15.5. The highest BCUT2D eigenvalue weighted by atomic mass is 32.2. The highest BCUT2D eigenvalue weighted by Crippen LogP contribution is 2.36. The van der Waals surface area contributed by atoms with E-state index in [-0.39, 0.29) is 0 Å². The third kappa shape index (κ3) is 4.36.